The van der Waals surface area contributed by atoms with E-state index in [-0.39, 0.29) is 5.54 Å². The molecule has 0 aromatic heterocycles. The smallest absolute Gasteiger partial charge is 0.185 e. The maximum absolute atomic E-state index is 12.4. The molecule has 0 saturated heterocycles. The SMILES string of the molecule is O=C1C(Cc2ccccc2)=CNC12CCCC2. The fraction of sp³-hybridized carbons (Fsp3) is 0.400. The van der Waals surface area contributed by atoms with Gasteiger partial charge in [0.25, 0.3) is 0 Å². The summed E-state index contributed by atoms with van der Waals surface area (Å²) in [6.45, 7) is 0. The lowest BCUT2D eigenvalue weighted by atomic mass is 9.89. The standard InChI is InChI=1S/C15H17NO/c17-14-13(10-12-6-2-1-3-7-12)11-16-15(14)8-4-5-9-15/h1-3,6-7,11,16H,4-5,8-10H2. The zero-order valence-corrected chi connectivity index (χ0v) is 9.91. The summed E-state index contributed by atoms with van der Waals surface area (Å²) in [6.07, 6.45) is 7.05. The first-order valence-electron chi connectivity index (χ1n) is 6.36. The summed E-state index contributed by atoms with van der Waals surface area (Å²) in [5.41, 5.74) is 1.92. The fourth-order valence-electron chi connectivity index (χ4n) is 2.96. The van der Waals surface area contributed by atoms with Gasteiger partial charge in [0.1, 0.15) is 5.54 Å². The average Bonchev–Trinajstić information content (AvgIpc) is 2.95. The molecule has 1 aliphatic heterocycles. The number of hydrogen-bond donors (Lipinski definition) is 1. The molecule has 0 atom stereocenters. The normalized spacial score (nSPS) is 21.6. The Morgan fingerprint density at radius 1 is 1.12 bits per heavy atom. The van der Waals surface area contributed by atoms with E-state index in [4.69, 9.17) is 0 Å². The highest BCUT2D eigenvalue weighted by Gasteiger charge is 2.44. The van der Waals surface area contributed by atoms with Gasteiger partial charge in [-0.1, -0.05) is 43.2 Å². The molecule has 1 spiro atoms. The van der Waals surface area contributed by atoms with Gasteiger partial charge in [0, 0.05) is 18.2 Å². The van der Waals surface area contributed by atoms with E-state index in [0.717, 1.165) is 24.8 Å². The predicted molar refractivity (Wildman–Crippen MR) is 67.6 cm³/mol. The first-order chi connectivity index (χ1) is 8.30. The van der Waals surface area contributed by atoms with E-state index in [9.17, 15) is 4.79 Å². The molecule has 0 radical (unpaired) electrons. The van der Waals surface area contributed by atoms with Crippen LogP contribution >= 0.6 is 0 Å². The summed E-state index contributed by atoms with van der Waals surface area (Å²) in [5.74, 6) is 0.332. The molecule has 0 amide bonds. The molecule has 88 valence electrons. The van der Waals surface area contributed by atoms with Crippen LogP contribution in [0, 0.1) is 0 Å². The molecule has 1 aromatic rings. The van der Waals surface area contributed by atoms with Crippen molar-refractivity contribution in [2.45, 2.75) is 37.6 Å². The number of nitrogens with one attached hydrogen (secondary N) is 1. The van der Waals surface area contributed by atoms with Crippen molar-refractivity contribution in [3.8, 4) is 0 Å². The Kier molecular flexibility index (Phi) is 2.50. The number of carbonyl (C=O) groups excluding carboxylic acids is 1. The Balaban J connectivity index is 1.76. The minimum Gasteiger partial charge on any atom is -0.378 e. The van der Waals surface area contributed by atoms with Gasteiger partial charge in [-0.2, -0.15) is 0 Å². The van der Waals surface area contributed by atoms with Crippen LogP contribution in [-0.4, -0.2) is 11.3 Å². The lowest BCUT2D eigenvalue weighted by Crippen LogP contribution is -2.42. The molecule has 2 heteroatoms. The number of benzene rings is 1. The third-order valence-electron chi connectivity index (χ3n) is 3.94. The summed E-state index contributed by atoms with van der Waals surface area (Å²) in [4.78, 5) is 12.4. The van der Waals surface area contributed by atoms with Crippen molar-refractivity contribution >= 4 is 5.78 Å². The summed E-state index contributed by atoms with van der Waals surface area (Å²) >= 11 is 0. The summed E-state index contributed by atoms with van der Waals surface area (Å²) in [5, 5.41) is 3.34. The number of rotatable bonds is 2. The molecule has 17 heavy (non-hydrogen) atoms. The van der Waals surface area contributed by atoms with Gasteiger partial charge in [0.15, 0.2) is 5.78 Å². The number of carbonyl (C=O) groups is 1. The van der Waals surface area contributed by atoms with Gasteiger partial charge < -0.3 is 5.32 Å². The zero-order valence-electron chi connectivity index (χ0n) is 9.91. The van der Waals surface area contributed by atoms with Crippen LogP contribution in [0.15, 0.2) is 42.1 Å². The van der Waals surface area contributed by atoms with E-state index >= 15 is 0 Å². The van der Waals surface area contributed by atoms with Crippen LogP contribution in [0.1, 0.15) is 31.2 Å². The monoisotopic (exact) mass is 227 g/mol. The van der Waals surface area contributed by atoms with Crippen LogP contribution < -0.4 is 5.32 Å². The average molecular weight is 227 g/mol. The van der Waals surface area contributed by atoms with Crippen molar-refractivity contribution in [2.24, 2.45) is 0 Å². The van der Waals surface area contributed by atoms with Crippen LogP contribution in [0.5, 0.6) is 0 Å². The van der Waals surface area contributed by atoms with Crippen molar-refractivity contribution in [1.82, 2.24) is 5.32 Å². The summed E-state index contributed by atoms with van der Waals surface area (Å²) < 4.78 is 0. The van der Waals surface area contributed by atoms with Crippen molar-refractivity contribution < 1.29 is 4.79 Å². The molecular weight excluding hydrogens is 210 g/mol. The number of hydrogen-bond acceptors (Lipinski definition) is 2. The Morgan fingerprint density at radius 3 is 2.53 bits per heavy atom. The first-order valence-corrected chi connectivity index (χ1v) is 6.36. The van der Waals surface area contributed by atoms with Gasteiger partial charge in [-0.25, -0.2) is 0 Å². The molecule has 1 aromatic carbocycles. The van der Waals surface area contributed by atoms with Crippen molar-refractivity contribution in [3.05, 3.63) is 47.7 Å². The second-order valence-electron chi connectivity index (χ2n) is 5.09. The lowest BCUT2D eigenvalue weighted by molar-refractivity contribution is -0.120. The maximum atomic E-state index is 12.4. The highest BCUT2D eigenvalue weighted by atomic mass is 16.1. The minimum absolute atomic E-state index is 0.232. The van der Waals surface area contributed by atoms with E-state index in [2.05, 4.69) is 17.4 Å². The summed E-state index contributed by atoms with van der Waals surface area (Å²) in [6, 6.07) is 10.2. The second-order valence-corrected chi connectivity index (χ2v) is 5.09. The molecule has 1 aliphatic carbocycles. The van der Waals surface area contributed by atoms with Crippen LogP contribution in [0.3, 0.4) is 0 Å². The molecule has 2 nitrogen and oxygen atoms in total. The van der Waals surface area contributed by atoms with Gasteiger partial charge in [-0.15, -0.1) is 0 Å². The third kappa shape index (κ3) is 1.78. The first kappa shape index (κ1) is 10.6. The molecule has 2 aliphatic rings. The molecule has 1 N–H and O–H groups in total. The van der Waals surface area contributed by atoms with E-state index < -0.39 is 0 Å². The Labute approximate surface area is 102 Å². The highest BCUT2D eigenvalue weighted by Crippen LogP contribution is 2.36. The topological polar surface area (TPSA) is 29.1 Å². The zero-order chi connectivity index (χ0) is 11.7. The minimum atomic E-state index is -0.232. The second kappa shape index (κ2) is 4.02. The predicted octanol–water partition coefficient (Wildman–Crippen LogP) is 2.60. The number of ketones is 1. The molecule has 0 bridgehead atoms. The van der Waals surface area contributed by atoms with E-state index in [1.807, 2.05) is 24.4 Å². The largest absolute Gasteiger partial charge is 0.378 e. The van der Waals surface area contributed by atoms with E-state index in [1.165, 1.54) is 18.4 Å². The van der Waals surface area contributed by atoms with Crippen LogP contribution in [-0.2, 0) is 11.2 Å². The van der Waals surface area contributed by atoms with Gasteiger partial charge in [0.05, 0.1) is 0 Å². The molecular formula is C15H17NO. The fourth-order valence-corrected chi connectivity index (χ4v) is 2.96. The molecule has 1 heterocycles. The molecule has 3 rings (SSSR count). The molecule has 0 unspecified atom stereocenters. The van der Waals surface area contributed by atoms with Crippen LogP contribution in [0.4, 0.5) is 0 Å². The molecule has 1 saturated carbocycles. The Bertz CT molecular complexity index is 455. The van der Waals surface area contributed by atoms with Crippen molar-refractivity contribution in [3.63, 3.8) is 0 Å². The molecule has 1 fully saturated rings. The lowest BCUT2D eigenvalue weighted by Gasteiger charge is -2.22. The van der Waals surface area contributed by atoms with Crippen molar-refractivity contribution in [2.75, 3.05) is 0 Å². The van der Waals surface area contributed by atoms with Crippen LogP contribution in [0.25, 0.3) is 0 Å². The Morgan fingerprint density at radius 2 is 1.82 bits per heavy atom. The van der Waals surface area contributed by atoms with Crippen molar-refractivity contribution in [1.29, 1.82) is 0 Å². The van der Waals surface area contributed by atoms with E-state index in [1.54, 1.807) is 0 Å². The number of Topliss-reactive ketones (excluding diaryl/α,β-unsaturated/α-hetero) is 1. The Hall–Kier alpha value is -1.57. The van der Waals surface area contributed by atoms with Gasteiger partial charge in [-0.05, 0) is 18.4 Å². The summed E-state index contributed by atoms with van der Waals surface area (Å²) in [7, 11) is 0. The third-order valence-corrected chi connectivity index (χ3v) is 3.94. The van der Waals surface area contributed by atoms with E-state index in [0.29, 0.717) is 5.78 Å². The van der Waals surface area contributed by atoms with Gasteiger partial charge in [-0.3, -0.25) is 4.79 Å². The van der Waals surface area contributed by atoms with Crippen LogP contribution in [0.2, 0.25) is 0 Å². The van der Waals surface area contributed by atoms with Gasteiger partial charge in [0.2, 0.25) is 0 Å². The highest BCUT2D eigenvalue weighted by molar-refractivity contribution is 6.05. The maximum Gasteiger partial charge on any atom is 0.185 e. The van der Waals surface area contributed by atoms with Gasteiger partial charge >= 0.3 is 0 Å². The quantitative estimate of drug-likeness (QED) is 0.841.